The van der Waals surface area contributed by atoms with Crippen LogP contribution in [0.1, 0.15) is 53.9 Å². The van der Waals surface area contributed by atoms with Crippen LogP contribution in [0.2, 0.25) is 0 Å². The molecule has 3 N–H and O–H groups in total. The van der Waals surface area contributed by atoms with E-state index in [9.17, 15) is 19.8 Å². The Morgan fingerprint density at radius 2 is 1.83 bits per heavy atom. The molecule has 23 heavy (non-hydrogen) atoms. The van der Waals surface area contributed by atoms with E-state index in [4.69, 9.17) is 4.74 Å². The summed E-state index contributed by atoms with van der Waals surface area (Å²) < 4.78 is 5.32. The maximum Gasteiger partial charge on any atom is 0.410 e. The van der Waals surface area contributed by atoms with Crippen molar-refractivity contribution in [3.05, 3.63) is 0 Å². The molecule has 1 unspecified atom stereocenters. The summed E-state index contributed by atoms with van der Waals surface area (Å²) in [5.74, 6) is -0.913. The van der Waals surface area contributed by atoms with Gasteiger partial charge >= 0.3 is 12.1 Å². The van der Waals surface area contributed by atoms with Gasteiger partial charge in [-0.1, -0.05) is 6.92 Å². The summed E-state index contributed by atoms with van der Waals surface area (Å²) >= 11 is 0. The second kappa shape index (κ2) is 7.05. The van der Waals surface area contributed by atoms with Crippen molar-refractivity contribution in [2.24, 2.45) is 0 Å². The number of carboxylic acid groups (broad SMARTS) is 1. The summed E-state index contributed by atoms with van der Waals surface area (Å²) in [5, 5.41) is 21.8. The van der Waals surface area contributed by atoms with Gasteiger partial charge in [0, 0.05) is 25.2 Å². The minimum absolute atomic E-state index is 0.0241. The number of nitrogens with one attached hydrogen (secondary N) is 1. The molecule has 1 saturated heterocycles. The molecule has 1 aliphatic rings. The fourth-order valence-electron chi connectivity index (χ4n) is 2.88. The predicted octanol–water partition coefficient (Wildman–Crippen LogP) is 1.59. The van der Waals surface area contributed by atoms with Crippen LogP contribution in [-0.4, -0.2) is 63.6 Å². The zero-order valence-corrected chi connectivity index (χ0v) is 14.8. The molecule has 7 heteroatoms. The Balaban J connectivity index is 2.77. The average molecular weight is 330 g/mol. The first kappa shape index (κ1) is 19.7. The Morgan fingerprint density at radius 3 is 2.22 bits per heavy atom. The number of rotatable bonds is 7. The highest BCUT2D eigenvalue weighted by molar-refractivity contribution is 5.73. The van der Waals surface area contributed by atoms with Crippen molar-refractivity contribution in [3.63, 3.8) is 0 Å². The largest absolute Gasteiger partial charge is 0.481 e. The highest BCUT2D eigenvalue weighted by Gasteiger charge is 2.50. The minimum atomic E-state index is -0.913. The average Bonchev–Trinajstić information content (AvgIpc) is 2.32. The van der Waals surface area contributed by atoms with Crippen molar-refractivity contribution < 1.29 is 24.5 Å². The van der Waals surface area contributed by atoms with Gasteiger partial charge in [0.2, 0.25) is 0 Å². The van der Waals surface area contributed by atoms with Crippen LogP contribution in [0.5, 0.6) is 0 Å². The predicted molar refractivity (Wildman–Crippen MR) is 86.3 cm³/mol. The molecule has 1 atom stereocenters. The van der Waals surface area contributed by atoms with Gasteiger partial charge in [0.05, 0.1) is 12.0 Å². The van der Waals surface area contributed by atoms with E-state index in [1.807, 2.05) is 13.8 Å². The van der Waals surface area contributed by atoms with Gasteiger partial charge in [-0.3, -0.25) is 4.79 Å². The van der Waals surface area contributed by atoms with Crippen molar-refractivity contribution in [2.45, 2.75) is 70.6 Å². The van der Waals surface area contributed by atoms with Crippen LogP contribution in [0.3, 0.4) is 0 Å². The summed E-state index contributed by atoms with van der Waals surface area (Å²) in [6, 6.07) is 0. The van der Waals surface area contributed by atoms with Crippen molar-refractivity contribution in [2.75, 3.05) is 19.7 Å². The normalized spacial score (nSPS) is 19.7. The van der Waals surface area contributed by atoms with Gasteiger partial charge in [0.25, 0.3) is 0 Å². The molecule has 1 heterocycles. The molecule has 0 spiro atoms. The number of aliphatic hydroxyl groups is 1. The van der Waals surface area contributed by atoms with E-state index in [0.29, 0.717) is 6.42 Å². The third kappa shape index (κ3) is 5.66. The highest BCUT2D eigenvalue weighted by Crippen LogP contribution is 2.31. The molecule has 0 bridgehead atoms. The fraction of sp³-hybridized carbons (Fsp3) is 0.875. The summed E-state index contributed by atoms with van der Waals surface area (Å²) in [4.78, 5) is 24.8. The number of amides is 1. The van der Waals surface area contributed by atoms with E-state index in [1.54, 1.807) is 20.8 Å². The van der Waals surface area contributed by atoms with Crippen molar-refractivity contribution in [3.8, 4) is 0 Å². The first-order valence-corrected chi connectivity index (χ1v) is 8.04. The van der Waals surface area contributed by atoms with Gasteiger partial charge < -0.3 is 25.2 Å². The molecule has 0 aromatic rings. The Bertz CT molecular complexity index is 440. The number of carboxylic acids is 1. The highest BCUT2D eigenvalue weighted by atomic mass is 16.6. The van der Waals surface area contributed by atoms with E-state index in [1.165, 1.54) is 4.90 Å². The van der Waals surface area contributed by atoms with E-state index in [2.05, 4.69) is 5.32 Å². The number of aliphatic carboxylic acids is 1. The second-order valence-corrected chi connectivity index (χ2v) is 7.70. The van der Waals surface area contributed by atoms with E-state index in [-0.39, 0.29) is 31.7 Å². The maximum atomic E-state index is 12.1. The molecule has 134 valence electrons. The van der Waals surface area contributed by atoms with Crippen molar-refractivity contribution in [1.29, 1.82) is 0 Å². The third-order valence-electron chi connectivity index (χ3n) is 4.14. The summed E-state index contributed by atoms with van der Waals surface area (Å²) in [6.07, 6.45) is 0.770. The van der Waals surface area contributed by atoms with Gasteiger partial charge in [-0.2, -0.15) is 0 Å². The van der Waals surface area contributed by atoms with Crippen LogP contribution >= 0.6 is 0 Å². The van der Waals surface area contributed by atoms with Gasteiger partial charge in [0.15, 0.2) is 0 Å². The molecule has 1 rings (SSSR count). The smallest absolute Gasteiger partial charge is 0.410 e. The van der Waals surface area contributed by atoms with Crippen LogP contribution in [0.15, 0.2) is 0 Å². The quantitative estimate of drug-likeness (QED) is 0.655. The molecule has 1 fully saturated rings. The molecule has 0 radical (unpaired) electrons. The van der Waals surface area contributed by atoms with E-state index in [0.717, 1.165) is 6.42 Å². The number of hydrogen-bond donors (Lipinski definition) is 3. The molecule has 0 aliphatic carbocycles. The molecule has 1 aliphatic heterocycles. The Morgan fingerprint density at radius 1 is 1.26 bits per heavy atom. The Labute approximate surface area is 138 Å². The Hall–Kier alpha value is -1.34. The molecule has 1 amide bonds. The lowest BCUT2D eigenvalue weighted by molar-refractivity contribution is -0.141. The van der Waals surface area contributed by atoms with Crippen LogP contribution in [0.25, 0.3) is 0 Å². The summed E-state index contributed by atoms with van der Waals surface area (Å²) in [6.45, 7) is 9.93. The lowest BCUT2D eigenvalue weighted by atomic mass is 9.81. The number of hydrogen-bond acceptors (Lipinski definition) is 5. The Kier molecular flexibility index (Phi) is 6.04. The minimum Gasteiger partial charge on any atom is -0.481 e. The van der Waals surface area contributed by atoms with Gasteiger partial charge in [-0.05, 0) is 40.5 Å². The lowest BCUT2D eigenvalue weighted by Gasteiger charge is -2.53. The monoisotopic (exact) mass is 330 g/mol. The maximum absolute atomic E-state index is 12.1. The number of carbonyl (C=O) groups excluding carboxylic acids is 1. The molecular weight excluding hydrogens is 300 g/mol. The van der Waals surface area contributed by atoms with Gasteiger partial charge in [0.1, 0.15) is 5.60 Å². The number of carbonyl (C=O) groups is 2. The van der Waals surface area contributed by atoms with E-state index < -0.39 is 23.2 Å². The lowest BCUT2D eigenvalue weighted by Crippen LogP contribution is -2.74. The van der Waals surface area contributed by atoms with Crippen molar-refractivity contribution in [1.82, 2.24) is 10.2 Å². The molecule has 0 aromatic heterocycles. The van der Waals surface area contributed by atoms with Crippen molar-refractivity contribution >= 4 is 12.1 Å². The first-order chi connectivity index (χ1) is 10.4. The number of nitrogens with zero attached hydrogens (tertiary/aromatic N) is 1. The third-order valence-corrected chi connectivity index (χ3v) is 4.14. The van der Waals surface area contributed by atoms with E-state index >= 15 is 0 Å². The molecule has 0 saturated carbocycles. The second-order valence-electron chi connectivity index (χ2n) is 7.70. The van der Waals surface area contributed by atoms with Crippen LogP contribution in [0, 0.1) is 0 Å². The molecular formula is C16H30N2O5. The number of likely N-dealkylation sites (tertiary alicyclic amines) is 1. The first-order valence-electron chi connectivity index (χ1n) is 8.04. The number of aliphatic hydroxyl groups excluding tert-OH is 1. The fourth-order valence-corrected chi connectivity index (χ4v) is 2.88. The molecule has 7 nitrogen and oxygen atoms in total. The summed E-state index contributed by atoms with van der Waals surface area (Å²) in [7, 11) is 0. The molecule has 0 aromatic carbocycles. The van der Waals surface area contributed by atoms with Gasteiger partial charge in [-0.15, -0.1) is 0 Å². The standard InChI is InChI=1S/C16H30N2O5/c1-6-15(5,7-8-19)17-16(9-12(20)21)10-18(11-16)13(22)23-14(2,3)4/h17,19H,6-11H2,1-5H3,(H,20,21). The summed E-state index contributed by atoms with van der Waals surface area (Å²) in [5.41, 5.74) is -1.63. The zero-order chi connectivity index (χ0) is 17.9. The zero-order valence-electron chi connectivity index (χ0n) is 14.8. The topological polar surface area (TPSA) is 99.1 Å². The number of ether oxygens (including phenoxy) is 1. The van der Waals surface area contributed by atoms with Crippen LogP contribution in [0.4, 0.5) is 4.79 Å². The van der Waals surface area contributed by atoms with Crippen LogP contribution in [-0.2, 0) is 9.53 Å². The SMILES string of the molecule is CCC(C)(CCO)NC1(CC(=O)O)CN(C(=O)OC(C)(C)C)C1. The van der Waals surface area contributed by atoms with Crippen LogP contribution < -0.4 is 5.32 Å². The van der Waals surface area contributed by atoms with Gasteiger partial charge in [-0.25, -0.2) is 4.79 Å².